The first-order valence-corrected chi connectivity index (χ1v) is 11.0. The fraction of sp³-hybridized carbons (Fsp3) is 0.231. The van der Waals surface area contributed by atoms with Crippen LogP contribution in [0.15, 0.2) is 78.9 Å². The van der Waals surface area contributed by atoms with Crippen molar-refractivity contribution in [2.75, 3.05) is 24.7 Å². The molecule has 0 bridgehead atoms. The molecule has 3 amide bonds. The lowest BCUT2D eigenvalue weighted by Gasteiger charge is -2.23. The van der Waals surface area contributed by atoms with E-state index in [0.29, 0.717) is 31.3 Å². The predicted octanol–water partition coefficient (Wildman–Crippen LogP) is 3.65. The molecular weight excluding hydrogens is 418 g/mol. The molecule has 2 N–H and O–H groups in total. The van der Waals surface area contributed by atoms with Crippen molar-refractivity contribution in [3.8, 4) is 11.5 Å². The second kappa shape index (κ2) is 9.24. The molecule has 0 saturated carbocycles. The number of nitrogens with one attached hydrogen (secondary N) is 2. The Morgan fingerprint density at radius 1 is 0.879 bits per heavy atom. The van der Waals surface area contributed by atoms with E-state index in [9.17, 15) is 9.59 Å². The Morgan fingerprint density at radius 3 is 2.18 bits per heavy atom. The summed E-state index contributed by atoms with van der Waals surface area (Å²) in [5.41, 5.74) is 2.71. The van der Waals surface area contributed by atoms with Crippen molar-refractivity contribution in [1.29, 1.82) is 0 Å². The first-order chi connectivity index (χ1) is 16.2. The molecule has 2 aliphatic heterocycles. The van der Waals surface area contributed by atoms with Crippen molar-refractivity contribution in [3.05, 3.63) is 90.0 Å². The van der Waals surface area contributed by atoms with E-state index in [2.05, 4.69) is 10.6 Å². The summed E-state index contributed by atoms with van der Waals surface area (Å²) in [6, 6.07) is 24.2. The van der Waals surface area contributed by atoms with Crippen molar-refractivity contribution in [2.45, 2.75) is 18.5 Å². The van der Waals surface area contributed by atoms with Gasteiger partial charge >= 0.3 is 6.03 Å². The lowest BCUT2D eigenvalue weighted by molar-refractivity contribution is -0.117. The first-order valence-electron chi connectivity index (χ1n) is 11.0. The highest BCUT2D eigenvalue weighted by Crippen LogP contribution is 2.35. The van der Waals surface area contributed by atoms with Crippen LogP contribution in [0, 0.1) is 0 Å². The number of rotatable bonds is 5. The number of benzene rings is 3. The second-order valence-electron chi connectivity index (χ2n) is 8.11. The minimum Gasteiger partial charge on any atom is -0.486 e. The van der Waals surface area contributed by atoms with Crippen LogP contribution in [0.2, 0.25) is 0 Å². The minimum absolute atomic E-state index is 0.0420. The number of fused-ring (bicyclic) bond motifs is 1. The van der Waals surface area contributed by atoms with Crippen molar-refractivity contribution >= 4 is 17.6 Å². The van der Waals surface area contributed by atoms with Crippen LogP contribution < -0.4 is 25.0 Å². The van der Waals surface area contributed by atoms with Crippen LogP contribution in [0.3, 0.4) is 0 Å². The molecule has 1 unspecified atom stereocenters. The predicted molar refractivity (Wildman–Crippen MR) is 125 cm³/mol. The second-order valence-corrected chi connectivity index (χ2v) is 8.11. The zero-order valence-electron chi connectivity index (χ0n) is 18.1. The van der Waals surface area contributed by atoms with Crippen LogP contribution in [-0.4, -0.2) is 37.7 Å². The Labute approximate surface area is 192 Å². The summed E-state index contributed by atoms with van der Waals surface area (Å²) in [6.45, 7) is 1.40. The van der Waals surface area contributed by atoms with Gasteiger partial charge in [-0.3, -0.25) is 4.79 Å². The SMILES string of the molecule is O=C(NC1CC(=O)N(c2ccc3c(c2)OCCO3)C1)NC(c1ccccc1)c1ccccc1. The number of anilines is 1. The molecule has 0 spiro atoms. The van der Waals surface area contributed by atoms with Gasteiger partial charge in [-0.1, -0.05) is 60.7 Å². The monoisotopic (exact) mass is 443 g/mol. The van der Waals surface area contributed by atoms with Gasteiger partial charge in [-0.15, -0.1) is 0 Å². The molecule has 7 nitrogen and oxygen atoms in total. The standard InChI is InChI=1S/C26H25N3O4/c30-24-15-20(17-29(24)21-11-12-22-23(16-21)33-14-13-32-22)27-26(31)28-25(18-7-3-1-4-8-18)19-9-5-2-6-10-19/h1-12,16,20,25H,13-15,17H2,(H2,27,28,31). The molecular formula is C26H25N3O4. The molecule has 1 fully saturated rings. The van der Waals surface area contributed by atoms with Crippen molar-refractivity contribution in [3.63, 3.8) is 0 Å². The maximum absolute atomic E-state index is 12.9. The summed E-state index contributed by atoms with van der Waals surface area (Å²) in [4.78, 5) is 27.3. The fourth-order valence-corrected chi connectivity index (χ4v) is 4.26. The third kappa shape index (κ3) is 4.62. The van der Waals surface area contributed by atoms with Crippen molar-refractivity contribution in [2.24, 2.45) is 0 Å². The Bertz CT molecular complexity index is 1100. The normalized spacial score (nSPS) is 17.2. The third-order valence-corrected chi connectivity index (χ3v) is 5.84. The topological polar surface area (TPSA) is 79.9 Å². The number of ether oxygens (including phenoxy) is 2. The molecule has 5 rings (SSSR count). The van der Waals surface area contributed by atoms with Gasteiger partial charge in [0.25, 0.3) is 0 Å². The van der Waals surface area contributed by atoms with Crippen LogP contribution in [0.1, 0.15) is 23.6 Å². The molecule has 1 saturated heterocycles. The van der Waals surface area contributed by atoms with Crippen LogP contribution >= 0.6 is 0 Å². The Balaban J connectivity index is 1.26. The minimum atomic E-state index is -0.311. The molecule has 0 aromatic heterocycles. The number of amides is 3. The van der Waals surface area contributed by atoms with Gasteiger partial charge in [-0.05, 0) is 23.3 Å². The molecule has 0 radical (unpaired) electrons. The molecule has 0 aliphatic carbocycles. The van der Waals surface area contributed by atoms with Crippen LogP contribution in [-0.2, 0) is 4.79 Å². The molecule has 33 heavy (non-hydrogen) atoms. The summed E-state index contributed by atoms with van der Waals surface area (Å²) < 4.78 is 11.2. The number of hydrogen-bond donors (Lipinski definition) is 2. The third-order valence-electron chi connectivity index (χ3n) is 5.84. The van der Waals surface area contributed by atoms with Crippen LogP contribution in [0.5, 0.6) is 11.5 Å². The molecule has 3 aromatic carbocycles. The van der Waals surface area contributed by atoms with Gasteiger partial charge in [0.05, 0.1) is 12.1 Å². The Morgan fingerprint density at radius 2 is 1.52 bits per heavy atom. The maximum atomic E-state index is 12.9. The summed E-state index contributed by atoms with van der Waals surface area (Å²) in [5.74, 6) is 1.27. The van der Waals surface area contributed by atoms with Gasteiger partial charge in [0.1, 0.15) is 13.2 Å². The quantitative estimate of drug-likeness (QED) is 0.631. The van der Waals surface area contributed by atoms with Crippen molar-refractivity contribution < 1.29 is 19.1 Å². The summed E-state index contributed by atoms with van der Waals surface area (Å²) in [6.07, 6.45) is 0.239. The fourth-order valence-electron chi connectivity index (χ4n) is 4.26. The van der Waals surface area contributed by atoms with Gasteiger partial charge in [0.2, 0.25) is 5.91 Å². The van der Waals surface area contributed by atoms with Crippen LogP contribution in [0.25, 0.3) is 0 Å². The molecule has 2 heterocycles. The lowest BCUT2D eigenvalue weighted by atomic mass is 9.99. The first kappa shape index (κ1) is 20.9. The average Bonchev–Trinajstić information content (AvgIpc) is 3.23. The summed E-state index contributed by atoms with van der Waals surface area (Å²) in [7, 11) is 0. The van der Waals surface area contributed by atoms with Gasteiger partial charge < -0.3 is 25.0 Å². The molecule has 3 aromatic rings. The van der Waals surface area contributed by atoms with Gasteiger partial charge in [-0.25, -0.2) is 4.79 Å². The number of carbonyl (C=O) groups excluding carboxylic acids is 2. The largest absolute Gasteiger partial charge is 0.486 e. The zero-order valence-corrected chi connectivity index (χ0v) is 18.1. The van der Waals surface area contributed by atoms with E-state index >= 15 is 0 Å². The van der Waals surface area contributed by atoms with E-state index in [0.717, 1.165) is 16.8 Å². The number of carbonyl (C=O) groups is 2. The zero-order chi connectivity index (χ0) is 22.6. The van der Waals surface area contributed by atoms with Crippen molar-refractivity contribution in [1.82, 2.24) is 10.6 Å². The van der Waals surface area contributed by atoms with E-state index in [-0.39, 0.29) is 30.4 Å². The highest BCUT2D eigenvalue weighted by molar-refractivity contribution is 5.97. The van der Waals surface area contributed by atoms with E-state index in [1.807, 2.05) is 78.9 Å². The molecule has 168 valence electrons. The highest BCUT2D eigenvalue weighted by Gasteiger charge is 2.32. The van der Waals surface area contributed by atoms with E-state index in [1.165, 1.54) is 0 Å². The maximum Gasteiger partial charge on any atom is 0.315 e. The summed E-state index contributed by atoms with van der Waals surface area (Å²) >= 11 is 0. The average molecular weight is 444 g/mol. The number of nitrogens with zero attached hydrogens (tertiary/aromatic N) is 1. The highest BCUT2D eigenvalue weighted by atomic mass is 16.6. The van der Waals surface area contributed by atoms with E-state index in [1.54, 1.807) is 4.90 Å². The van der Waals surface area contributed by atoms with Gasteiger partial charge in [0.15, 0.2) is 11.5 Å². The van der Waals surface area contributed by atoms with E-state index in [4.69, 9.17) is 9.47 Å². The Kier molecular flexibility index (Phi) is 5.85. The summed E-state index contributed by atoms with van der Waals surface area (Å²) in [5, 5.41) is 6.04. The molecule has 1 atom stereocenters. The van der Waals surface area contributed by atoms with Gasteiger partial charge in [0, 0.05) is 24.7 Å². The van der Waals surface area contributed by atoms with Gasteiger partial charge in [-0.2, -0.15) is 0 Å². The molecule has 2 aliphatic rings. The smallest absolute Gasteiger partial charge is 0.315 e. The Hall–Kier alpha value is -4.00. The van der Waals surface area contributed by atoms with E-state index < -0.39 is 0 Å². The molecule has 7 heteroatoms. The number of urea groups is 1. The lowest BCUT2D eigenvalue weighted by Crippen LogP contribution is -2.44. The van der Waals surface area contributed by atoms with Crippen LogP contribution in [0.4, 0.5) is 10.5 Å². The number of hydrogen-bond acceptors (Lipinski definition) is 4.